The molecule has 0 amide bonds. The summed E-state index contributed by atoms with van der Waals surface area (Å²) in [6.45, 7) is 1.40. The molecule has 1 atom stereocenters. The fraction of sp³-hybridized carbons (Fsp3) is 0.833. The average Bonchev–Trinajstić information content (AvgIpc) is 2.12. The molecule has 58 valence electrons. The Morgan fingerprint density at radius 2 is 2.30 bits per heavy atom. The summed E-state index contributed by atoms with van der Waals surface area (Å²) < 4.78 is 0. The minimum absolute atomic E-state index is 0.213. The Balaban J connectivity index is 2.35. The topological polar surface area (TPSA) is 61.4 Å². The molecule has 0 aliphatic carbocycles. The summed E-state index contributed by atoms with van der Waals surface area (Å²) in [4.78, 5) is 10.4. The van der Waals surface area contributed by atoms with Gasteiger partial charge in [0.25, 0.3) is 0 Å². The Kier molecular flexibility index (Phi) is 2.65. The Morgan fingerprint density at radius 3 is 3.00 bits per heavy atom. The summed E-state index contributed by atoms with van der Waals surface area (Å²) in [5, 5.41) is 8.60. The third kappa shape index (κ3) is 1.97. The van der Waals surface area contributed by atoms with Crippen molar-refractivity contribution in [1.29, 1.82) is 0 Å². The molecule has 1 saturated heterocycles. The number of carbonyl (C=O) groups is 1. The average molecular weight is 144 g/mol. The van der Waals surface area contributed by atoms with Gasteiger partial charge >= 0.3 is 5.97 Å². The van der Waals surface area contributed by atoms with Gasteiger partial charge in [-0.15, -0.1) is 0 Å². The van der Waals surface area contributed by atoms with Crippen LogP contribution in [-0.2, 0) is 4.79 Å². The summed E-state index contributed by atoms with van der Waals surface area (Å²) in [6.07, 6.45) is 1.71. The van der Waals surface area contributed by atoms with Gasteiger partial charge in [-0.1, -0.05) is 0 Å². The molecule has 0 aromatic heterocycles. The fourth-order valence-electron chi connectivity index (χ4n) is 1.03. The first-order valence-electron chi connectivity index (χ1n) is 3.49. The monoisotopic (exact) mass is 144 g/mol. The molecule has 4 nitrogen and oxygen atoms in total. The highest BCUT2D eigenvalue weighted by Gasteiger charge is 2.17. The van der Waals surface area contributed by atoms with Crippen LogP contribution < -0.4 is 10.9 Å². The molecule has 1 unspecified atom stereocenters. The lowest BCUT2D eigenvalue weighted by atomic mass is 10.1. The highest BCUT2D eigenvalue weighted by molar-refractivity contribution is 5.70. The van der Waals surface area contributed by atoms with Crippen molar-refractivity contribution in [1.82, 2.24) is 10.9 Å². The predicted octanol–water partition coefficient (Wildman–Crippen LogP) is -0.425. The van der Waals surface area contributed by atoms with Crippen LogP contribution in [0.2, 0.25) is 0 Å². The lowest BCUT2D eigenvalue weighted by molar-refractivity contribution is -0.141. The summed E-state index contributed by atoms with van der Waals surface area (Å²) in [6, 6.07) is 0. The standard InChI is InChI=1S/C6H12N2O2/c9-6(10)5-2-1-3-7-8-4-5/h5,7-8H,1-4H2,(H,9,10). The highest BCUT2D eigenvalue weighted by atomic mass is 16.4. The zero-order valence-electron chi connectivity index (χ0n) is 5.76. The van der Waals surface area contributed by atoms with E-state index >= 15 is 0 Å². The van der Waals surface area contributed by atoms with Gasteiger partial charge in [-0.25, -0.2) is 0 Å². The van der Waals surface area contributed by atoms with Gasteiger partial charge in [-0.05, 0) is 12.8 Å². The molecule has 1 heterocycles. The maximum Gasteiger partial charge on any atom is 0.307 e. The van der Waals surface area contributed by atoms with Crippen LogP contribution >= 0.6 is 0 Å². The molecule has 0 spiro atoms. The van der Waals surface area contributed by atoms with Gasteiger partial charge in [0.1, 0.15) is 0 Å². The van der Waals surface area contributed by atoms with E-state index in [0.717, 1.165) is 19.4 Å². The largest absolute Gasteiger partial charge is 0.481 e. The molecule has 0 bridgehead atoms. The first kappa shape index (κ1) is 7.50. The van der Waals surface area contributed by atoms with Crippen molar-refractivity contribution in [2.75, 3.05) is 13.1 Å². The zero-order valence-corrected chi connectivity index (χ0v) is 5.76. The Hall–Kier alpha value is -0.610. The first-order valence-corrected chi connectivity index (χ1v) is 3.49. The van der Waals surface area contributed by atoms with Gasteiger partial charge in [0.05, 0.1) is 5.92 Å². The van der Waals surface area contributed by atoms with Crippen molar-refractivity contribution in [3.63, 3.8) is 0 Å². The molecule has 10 heavy (non-hydrogen) atoms. The Labute approximate surface area is 59.6 Å². The number of nitrogens with one attached hydrogen (secondary N) is 2. The lowest BCUT2D eigenvalue weighted by Crippen LogP contribution is -2.34. The molecule has 0 saturated carbocycles. The summed E-state index contributed by atoms with van der Waals surface area (Å²) in [5.74, 6) is -0.911. The van der Waals surface area contributed by atoms with Crippen LogP contribution in [0.15, 0.2) is 0 Å². The number of hydrogen-bond acceptors (Lipinski definition) is 3. The second kappa shape index (κ2) is 3.53. The van der Waals surface area contributed by atoms with Crippen LogP contribution in [0.4, 0.5) is 0 Å². The lowest BCUT2D eigenvalue weighted by Gasteiger charge is -2.06. The van der Waals surface area contributed by atoms with E-state index in [2.05, 4.69) is 10.9 Å². The van der Waals surface area contributed by atoms with Gasteiger partial charge in [-0.2, -0.15) is 0 Å². The molecule has 1 aliphatic heterocycles. The zero-order chi connectivity index (χ0) is 7.40. The van der Waals surface area contributed by atoms with E-state index in [9.17, 15) is 4.79 Å². The molecule has 1 rings (SSSR count). The van der Waals surface area contributed by atoms with Crippen LogP contribution in [0.1, 0.15) is 12.8 Å². The van der Waals surface area contributed by atoms with E-state index in [0.29, 0.717) is 6.54 Å². The normalized spacial score (nSPS) is 27.4. The number of carboxylic acids is 1. The third-order valence-electron chi connectivity index (χ3n) is 1.68. The van der Waals surface area contributed by atoms with Crippen molar-refractivity contribution in [2.45, 2.75) is 12.8 Å². The number of hydrazine groups is 1. The molecule has 1 aliphatic rings. The van der Waals surface area contributed by atoms with Crippen LogP contribution in [0.3, 0.4) is 0 Å². The second-order valence-electron chi connectivity index (χ2n) is 2.49. The maximum absolute atomic E-state index is 10.4. The van der Waals surface area contributed by atoms with Crippen LogP contribution in [0.5, 0.6) is 0 Å². The van der Waals surface area contributed by atoms with Crippen LogP contribution in [0.25, 0.3) is 0 Å². The van der Waals surface area contributed by atoms with Gasteiger partial charge < -0.3 is 5.11 Å². The number of hydrogen-bond donors (Lipinski definition) is 3. The Morgan fingerprint density at radius 1 is 1.50 bits per heavy atom. The smallest absolute Gasteiger partial charge is 0.307 e. The van der Waals surface area contributed by atoms with Crippen molar-refractivity contribution in [2.24, 2.45) is 5.92 Å². The van der Waals surface area contributed by atoms with Crippen molar-refractivity contribution in [3.05, 3.63) is 0 Å². The van der Waals surface area contributed by atoms with Crippen molar-refractivity contribution < 1.29 is 9.90 Å². The van der Waals surface area contributed by atoms with E-state index < -0.39 is 5.97 Å². The number of aliphatic carboxylic acids is 1. The maximum atomic E-state index is 10.4. The van der Waals surface area contributed by atoms with Gasteiger partial charge in [0, 0.05) is 13.1 Å². The van der Waals surface area contributed by atoms with E-state index in [-0.39, 0.29) is 5.92 Å². The molecule has 0 radical (unpaired) electrons. The second-order valence-corrected chi connectivity index (χ2v) is 2.49. The quantitative estimate of drug-likeness (QED) is 0.467. The van der Waals surface area contributed by atoms with Crippen LogP contribution in [-0.4, -0.2) is 24.2 Å². The van der Waals surface area contributed by atoms with Gasteiger partial charge in [0.2, 0.25) is 0 Å². The van der Waals surface area contributed by atoms with Gasteiger partial charge in [-0.3, -0.25) is 15.6 Å². The SMILES string of the molecule is O=C(O)C1CCCNNC1. The summed E-state index contributed by atoms with van der Waals surface area (Å²) in [7, 11) is 0. The Bertz CT molecular complexity index is 119. The molecular formula is C6H12N2O2. The molecular weight excluding hydrogens is 132 g/mol. The van der Waals surface area contributed by atoms with E-state index in [1.807, 2.05) is 0 Å². The van der Waals surface area contributed by atoms with Gasteiger partial charge in [0.15, 0.2) is 0 Å². The third-order valence-corrected chi connectivity index (χ3v) is 1.68. The first-order chi connectivity index (χ1) is 4.80. The molecule has 1 fully saturated rings. The molecule has 4 heteroatoms. The van der Waals surface area contributed by atoms with Crippen molar-refractivity contribution in [3.8, 4) is 0 Å². The highest BCUT2D eigenvalue weighted by Crippen LogP contribution is 2.06. The molecule has 0 aromatic carbocycles. The van der Waals surface area contributed by atoms with Crippen molar-refractivity contribution >= 4 is 5.97 Å². The molecule has 0 aromatic rings. The van der Waals surface area contributed by atoms with E-state index in [1.165, 1.54) is 0 Å². The van der Waals surface area contributed by atoms with E-state index in [4.69, 9.17) is 5.11 Å². The fourth-order valence-corrected chi connectivity index (χ4v) is 1.03. The van der Waals surface area contributed by atoms with Crippen LogP contribution in [0, 0.1) is 5.92 Å². The molecule has 3 N–H and O–H groups in total. The number of carboxylic acid groups (broad SMARTS) is 1. The minimum atomic E-state index is -0.698. The van der Waals surface area contributed by atoms with E-state index in [1.54, 1.807) is 0 Å². The number of rotatable bonds is 1. The minimum Gasteiger partial charge on any atom is -0.481 e. The summed E-state index contributed by atoms with van der Waals surface area (Å²) >= 11 is 0. The predicted molar refractivity (Wildman–Crippen MR) is 36.4 cm³/mol. The summed E-state index contributed by atoms with van der Waals surface area (Å²) in [5.41, 5.74) is 5.77.